The summed E-state index contributed by atoms with van der Waals surface area (Å²) in [5.74, 6) is -0.786. The first-order valence-electron chi connectivity index (χ1n) is 12.5. The maximum absolute atomic E-state index is 12.9. The molecule has 7 heteroatoms. The molecule has 2 aromatic carbocycles. The van der Waals surface area contributed by atoms with Crippen molar-refractivity contribution in [2.24, 2.45) is 11.3 Å². The molecule has 1 heterocycles. The highest BCUT2D eigenvalue weighted by atomic mass is 16.5. The summed E-state index contributed by atoms with van der Waals surface area (Å²) in [6.07, 6.45) is 3.77. The Morgan fingerprint density at radius 2 is 1.60 bits per heavy atom. The summed E-state index contributed by atoms with van der Waals surface area (Å²) in [4.78, 5) is 38.7. The van der Waals surface area contributed by atoms with Crippen molar-refractivity contribution < 1.29 is 24.2 Å². The minimum absolute atomic E-state index is 0.0190. The van der Waals surface area contributed by atoms with E-state index in [0.717, 1.165) is 36.8 Å². The number of carbonyl (C=O) groups excluding carboxylic acids is 2. The van der Waals surface area contributed by atoms with E-state index in [2.05, 4.69) is 29.6 Å². The van der Waals surface area contributed by atoms with E-state index in [4.69, 9.17) is 4.74 Å². The Morgan fingerprint density at radius 3 is 2.17 bits per heavy atom. The molecule has 1 aliphatic heterocycles. The molecule has 1 saturated carbocycles. The number of fused-ring (bicyclic) bond motifs is 3. The van der Waals surface area contributed by atoms with Gasteiger partial charge >= 0.3 is 12.1 Å². The van der Waals surface area contributed by atoms with Gasteiger partial charge in [0, 0.05) is 31.5 Å². The minimum atomic E-state index is -0.884. The number of nitrogens with one attached hydrogen (secondary N) is 1. The smallest absolute Gasteiger partial charge is 0.407 e. The van der Waals surface area contributed by atoms with Gasteiger partial charge in [0.1, 0.15) is 6.61 Å². The van der Waals surface area contributed by atoms with Gasteiger partial charge in [0.25, 0.3) is 0 Å². The van der Waals surface area contributed by atoms with E-state index in [1.807, 2.05) is 24.3 Å². The molecule has 7 nitrogen and oxygen atoms in total. The molecular formula is C28H32N2O5. The number of hydrogen-bond acceptors (Lipinski definition) is 4. The Kier molecular flexibility index (Phi) is 6.26. The molecule has 2 amide bonds. The number of ether oxygens (including phenoxy) is 1. The third kappa shape index (κ3) is 4.51. The number of carboxylic acid groups (broad SMARTS) is 1. The number of nitrogens with zero attached hydrogens (tertiary/aromatic N) is 1. The average molecular weight is 477 g/mol. The fraction of sp³-hybridized carbons (Fsp3) is 0.464. The fourth-order valence-electron chi connectivity index (χ4n) is 5.91. The van der Waals surface area contributed by atoms with Crippen molar-refractivity contribution in [3.8, 4) is 11.1 Å². The minimum Gasteiger partial charge on any atom is -0.481 e. The van der Waals surface area contributed by atoms with Crippen molar-refractivity contribution in [3.63, 3.8) is 0 Å². The number of rotatable bonds is 7. The van der Waals surface area contributed by atoms with Crippen LogP contribution >= 0.6 is 0 Å². The molecule has 1 unspecified atom stereocenters. The maximum atomic E-state index is 12.9. The zero-order chi connectivity index (χ0) is 24.6. The van der Waals surface area contributed by atoms with Gasteiger partial charge in [0.05, 0.1) is 5.41 Å². The van der Waals surface area contributed by atoms with Crippen LogP contribution in [0.2, 0.25) is 0 Å². The summed E-state index contributed by atoms with van der Waals surface area (Å²) in [7, 11) is 0. The number of carboxylic acids is 1. The lowest BCUT2D eigenvalue weighted by molar-refractivity contribution is -0.164. The topological polar surface area (TPSA) is 95.9 Å². The summed E-state index contributed by atoms with van der Waals surface area (Å²) in [5, 5.41) is 12.3. The molecule has 2 fully saturated rings. The lowest BCUT2D eigenvalue weighted by atomic mass is 9.81. The second-order valence-corrected chi connectivity index (χ2v) is 10.4. The Morgan fingerprint density at radius 1 is 1.03 bits per heavy atom. The van der Waals surface area contributed by atoms with E-state index in [0.29, 0.717) is 0 Å². The second-order valence-electron chi connectivity index (χ2n) is 10.4. The van der Waals surface area contributed by atoms with E-state index < -0.39 is 17.5 Å². The van der Waals surface area contributed by atoms with E-state index in [1.165, 1.54) is 11.1 Å². The standard InChI is InChI=1S/C28H32N2O5/c1-28(26(32)33)16-30(17-28)25(31)14-24(18-8-2-3-9-18)29-27(34)35-15-23-21-12-6-4-10-19(21)20-11-5-7-13-22(20)23/h4-7,10-13,18,23-24H,2-3,8-9,14-17H2,1H3,(H,29,34)(H,32,33). The second kappa shape index (κ2) is 9.36. The van der Waals surface area contributed by atoms with Crippen LogP contribution in [0.5, 0.6) is 0 Å². The van der Waals surface area contributed by atoms with E-state index in [1.54, 1.807) is 11.8 Å². The van der Waals surface area contributed by atoms with Crippen molar-refractivity contribution in [2.75, 3.05) is 19.7 Å². The Bertz CT molecular complexity index is 1090. The highest BCUT2D eigenvalue weighted by molar-refractivity contribution is 5.84. The van der Waals surface area contributed by atoms with Gasteiger partial charge in [0.2, 0.25) is 5.91 Å². The predicted octanol–water partition coefficient (Wildman–Crippen LogP) is 4.41. The molecule has 1 atom stereocenters. The third-order valence-corrected chi connectivity index (χ3v) is 7.96. The summed E-state index contributed by atoms with van der Waals surface area (Å²) in [6.45, 7) is 2.31. The van der Waals surface area contributed by atoms with Crippen LogP contribution < -0.4 is 5.32 Å². The Balaban J connectivity index is 1.22. The van der Waals surface area contributed by atoms with Gasteiger partial charge in [-0.05, 0) is 47.9 Å². The van der Waals surface area contributed by atoms with Crippen LogP contribution in [0.25, 0.3) is 11.1 Å². The summed E-state index contributed by atoms with van der Waals surface area (Å²) >= 11 is 0. The molecule has 0 radical (unpaired) electrons. The predicted molar refractivity (Wildman–Crippen MR) is 131 cm³/mol. The maximum Gasteiger partial charge on any atom is 0.407 e. The molecule has 184 valence electrons. The molecule has 35 heavy (non-hydrogen) atoms. The van der Waals surface area contributed by atoms with Crippen LogP contribution in [-0.2, 0) is 14.3 Å². The zero-order valence-corrected chi connectivity index (χ0v) is 20.0. The molecule has 0 bridgehead atoms. The highest BCUT2D eigenvalue weighted by Gasteiger charge is 2.47. The van der Waals surface area contributed by atoms with Gasteiger partial charge < -0.3 is 20.1 Å². The van der Waals surface area contributed by atoms with Crippen molar-refractivity contribution in [1.82, 2.24) is 10.2 Å². The Hall–Kier alpha value is -3.35. The molecule has 3 aliphatic rings. The van der Waals surface area contributed by atoms with Gasteiger partial charge in [-0.3, -0.25) is 9.59 Å². The van der Waals surface area contributed by atoms with E-state index >= 15 is 0 Å². The number of hydrogen-bond donors (Lipinski definition) is 2. The monoisotopic (exact) mass is 476 g/mol. The summed E-state index contributed by atoms with van der Waals surface area (Å²) in [6, 6.07) is 16.1. The largest absolute Gasteiger partial charge is 0.481 e. The first-order chi connectivity index (χ1) is 16.9. The van der Waals surface area contributed by atoms with Crippen molar-refractivity contribution in [3.05, 3.63) is 59.7 Å². The molecule has 2 aromatic rings. The third-order valence-electron chi connectivity index (χ3n) is 7.96. The molecule has 2 aliphatic carbocycles. The number of alkyl carbamates (subject to hydrolysis) is 1. The van der Waals surface area contributed by atoms with Crippen LogP contribution in [0.4, 0.5) is 4.79 Å². The molecule has 1 saturated heterocycles. The fourth-order valence-corrected chi connectivity index (χ4v) is 5.91. The summed E-state index contributed by atoms with van der Waals surface area (Å²) in [5.41, 5.74) is 3.79. The summed E-state index contributed by atoms with van der Waals surface area (Å²) < 4.78 is 5.72. The number of carbonyl (C=O) groups is 3. The van der Waals surface area contributed by atoms with Crippen LogP contribution in [0, 0.1) is 11.3 Å². The number of benzene rings is 2. The van der Waals surface area contributed by atoms with Crippen LogP contribution in [0.15, 0.2) is 48.5 Å². The first kappa shape index (κ1) is 23.4. The quantitative estimate of drug-likeness (QED) is 0.617. The molecular weight excluding hydrogens is 444 g/mol. The average Bonchev–Trinajstić information content (AvgIpc) is 3.47. The highest BCUT2D eigenvalue weighted by Crippen LogP contribution is 2.44. The van der Waals surface area contributed by atoms with Gasteiger partial charge in [0.15, 0.2) is 0 Å². The first-order valence-corrected chi connectivity index (χ1v) is 12.5. The zero-order valence-electron chi connectivity index (χ0n) is 20.0. The van der Waals surface area contributed by atoms with Crippen molar-refractivity contribution in [2.45, 2.75) is 51.0 Å². The van der Waals surface area contributed by atoms with Gasteiger partial charge in [-0.15, -0.1) is 0 Å². The van der Waals surface area contributed by atoms with E-state index in [9.17, 15) is 19.5 Å². The molecule has 0 aromatic heterocycles. The van der Waals surface area contributed by atoms with Gasteiger partial charge in [-0.25, -0.2) is 4.79 Å². The number of amides is 2. The molecule has 5 rings (SSSR count). The van der Waals surface area contributed by atoms with Gasteiger partial charge in [-0.2, -0.15) is 0 Å². The lowest BCUT2D eigenvalue weighted by Gasteiger charge is -2.45. The van der Waals surface area contributed by atoms with Crippen molar-refractivity contribution >= 4 is 18.0 Å². The van der Waals surface area contributed by atoms with Gasteiger partial charge in [-0.1, -0.05) is 61.4 Å². The van der Waals surface area contributed by atoms with Crippen LogP contribution in [0.1, 0.15) is 56.1 Å². The SMILES string of the molecule is CC1(C(=O)O)CN(C(=O)CC(NC(=O)OCC2c3ccccc3-c3ccccc32)C2CCCC2)C1. The normalized spacial score (nSPS) is 19.4. The number of aliphatic carboxylic acids is 1. The Labute approximate surface area is 205 Å². The van der Waals surface area contributed by atoms with Crippen molar-refractivity contribution in [1.29, 1.82) is 0 Å². The molecule has 0 spiro atoms. The number of likely N-dealkylation sites (tertiary alicyclic amines) is 1. The van der Waals surface area contributed by atoms with E-state index in [-0.39, 0.29) is 49.9 Å². The lowest BCUT2D eigenvalue weighted by Crippen LogP contribution is -2.61. The molecule has 2 N–H and O–H groups in total. The van der Waals surface area contributed by atoms with Crippen LogP contribution in [0.3, 0.4) is 0 Å². The van der Waals surface area contributed by atoms with Crippen LogP contribution in [-0.4, -0.2) is 53.7 Å².